The van der Waals surface area contributed by atoms with Crippen LogP contribution in [0.1, 0.15) is 12.5 Å². The third-order valence-corrected chi connectivity index (χ3v) is 3.26. The molecule has 1 aliphatic rings. The molecule has 2 rings (SSSR count). The second-order valence-corrected chi connectivity index (χ2v) is 4.72. The van der Waals surface area contributed by atoms with Gasteiger partial charge in [0.15, 0.2) is 0 Å². The van der Waals surface area contributed by atoms with Crippen molar-refractivity contribution in [3.63, 3.8) is 0 Å². The van der Waals surface area contributed by atoms with Gasteiger partial charge in [-0.2, -0.15) is 0 Å². The van der Waals surface area contributed by atoms with E-state index < -0.39 is 5.92 Å². The van der Waals surface area contributed by atoms with Gasteiger partial charge < -0.3 is 14.7 Å². The summed E-state index contributed by atoms with van der Waals surface area (Å²) in [7, 11) is 0. The summed E-state index contributed by atoms with van der Waals surface area (Å²) in [6, 6.07) is 9.91. The standard InChI is InChI=1S/C14H19NO3/c1-11-9-18-10-13(8-16)14(17)15(11)7-12-5-3-2-4-6-12/h2-6,11,13,16H,7-10H2,1H3/t11-,13-/m1/s1. The van der Waals surface area contributed by atoms with Gasteiger partial charge in [-0.25, -0.2) is 0 Å². The quantitative estimate of drug-likeness (QED) is 0.871. The van der Waals surface area contributed by atoms with E-state index >= 15 is 0 Å². The summed E-state index contributed by atoms with van der Waals surface area (Å²) >= 11 is 0. The molecule has 1 aromatic rings. The highest BCUT2D eigenvalue weighted by molar-refractivity contribution is 5.79. The maximum Gasteiger partial charge on any atom is 0.230 e. The number of ether oxygens (including phenoxy) is 1. The lowest BCUT2D eigenvalue weighted by atomic mass is 10.1. The maximum absolute atomic E-state index is 12.3. The van der Waals surface area contributed by atoms with Gasteiger partial charge in [-0.05, 0) is 12.5 Å². The van der Waals surface area contributed by atoms with Gasteiger partial charge in [0.2, 0.25) is 5.91 Å². The second-order valence-electron chi connectivity index (χ2n) is 4.72. The first-order valence-corrected chi connectivity index (χ1v) is 6.25. The van der Waals surface area contributed by atoms with Gasteiger partial charge in [0.25, 0.3) is 0 Å². The number of aliphatic hydroxyl groups excluding tert-OH is 1. The highest BCUT2D eigenvalue weighted by Gasteiger charge is 2.30. The van der Waals surface area contributed by atoms with Crippen molar-refractivity contribution in [2.45, 2.75) is 19.5 Å². The molecule has 1 fully saturated rings. The predicted molar refractivity (Wildman–Crippen MR) is 67.8 cm³/mol. The van der Waals surface area contributed by atoms with Crippen LogP contribution in [0, 0.1) is 5.92 Å². The zero-order valence-electron chi connectivity index (χ0n) is 10.6. The van der Waals surface area contributed by atoms with Crippen LogP contribution >= 0.6 is 0 Å². The van der Waals surface area contributed by atoms with Crippen LogP contribution in [-0.4, -0.2) is 41.8 Å². The molecule has 98 valence electrons. The average molecular weight is 249 g/mol. The van der Waals surface area contributed by atoms with Crippen molar-refractivity contribution in [1.29, 1.82) is 0 Å². The molecule has 4 nitrogen and oxygen atoms in total. The minimum absolute atomic E-state index is 0.0219. The molecule has 1 heterocycles. The van der Waals surface area contributed by atoms with Gasteiger partial charge in [-0.15, -0.1) is 0 Å². The number of carbonyl (C=O) groups excluding carboxylic acids is 1. The van der Waals surface area contributed by atoms with Crippen molar-refractivity contribution in [2.75, 3.05) is 19.8 Å². The Balaban J connectivity index is 2.14. The minimum atomic E-state index is -0.432. The Labute approximate surface area is 107 Å². The van der Waals surface area contributed by atoms with E-state index in [-0.39, 0.29) is 18.6 Å². The van der Waals surface area contributed by atoms with Gasteiger partial charge in [0, 0.05) is 6.54 Å². The van der Waals surface area contributed by atoms with Crippen LogP contribution in [0.5, 0.6) is 0 Å². The Morgan fingerprint density at radius 1 is 1.33 bits per heavy atom. The normalized spacial score (nSPS) is 25.0. The first-order chi connectivity index (χ1) is 8.72. The zero-order chi connectivity index (χ0) is 13.0. The molecule has 4 heteroatoms. The average Bonchev–Trinajstić information content (AvgIpc) is 2.53. The Bertz CT molecular complexity index is 393. The summed E-state index contributed by atoms with van der Waals surface area (Å²) < 4.78 is 5.43. The third kappa shape index (κ3) is 2.89. The van der Waals surface area contributed by atoms with Crippen LogP contribution in [0.15, 0.2) is 30.3 Å². The fraction of sp³-hybridized carbons (Fsp3) is 0.500. The zero-order valence-corrected chi connectivity index (χ0v) is 10.6. The first kappa shape index (κ1) is 13.1. The monoisotopic (exact) mass is 249 g/mol. The van der Waals surface area contributed by atoms with Gasteiger partial charge in [-0.1, -0.05) is 30.3 Å². The molecule has 18 heavy (non-hydrogen) atoms. The number of nitrogens with zero attached hydrogens (tertiary/aromatic N) is 1. The smallest absolute Gasteiger partial charge is 0.230 e. The number of rotatable bonds is 3. The van der Waals surface area contributed by atoms with E-state index in [0.29, 0.717) is 19.8 Å². The van der Waals surface area contributed by atoms with E-state index in [4.69, 9.17) is 4.74 Å². The van der Waals surface area contributed by atoms with Crippen molar-refractivity contribution in [1.82, 2.24) is 4.90 Å². The van der Waals surface area contributed by atoms with Crippen LogP contribution in [0.3, 0.4) is 0 Å². The maximum atomic E-state index is 12.3. The summed E-state index contributed by atoms with van der Waals surface area (Å²) in [4.78, 5) is 14.1. The van der Waals surface area contributed by atoms with E-state index in [1.54, 1.807) is 4.90 Å². The largest absolute Gasteiger partial charge is 0.395 e. The molecule has 2 atom stereocenters. The summed E-state index contributed by atoms with van der Waals surface area (Å²) in [5, 5.41) is 9.23. The second kappa shape index (κ2) is 5.98. The lowest BCUT2D eigenvalue weighted by Crippen LogP contribution is -2.42. The first-order valence-electron chi connectivity index (χ1n) is 6.25. The SMILES string of the molecule is C[C@@H]1COC[C@@H](CO)C(=O)N1Cc1ccccc1. The molecule has 0 radical (unpaired) electrons. The van der Waals surface area contributed by atoms with Gasteiger partial charge in [-0.3, -0.25) is 4.79 Å². The molecular formula is C14H19NO3. The molecule has 1 N–H and O–H groups in total. The van der Waals surface area contributed by atoms with Crippen LogP contribution < -0.4 is 0 Å². The van der Waals surface area contributed by atoms with Gasteiger partial charge in [0.05, 0.1) is 31.8 Å². The molecule has 0 spiro atoms. The number of hydrogen-bond donors (Lipinski definition) is 1. The van der Waals surface area contributed by atoms with E-state index in [9.17, 15) is 9.90 Å². The molecule has 0 unspecified atom stereocenters. The Kier molecular flexibility index (Phi) is 4.33. The number of carbonyl (C=O) groups is 1. The molecule has 0 bridgehead atoms. The van der Waals surface area contributed by atoms with E-state index in [2.05, 4.69) is 0 Å². The van der Waals surface area contributed by atoms with Crippen LogP contribution in [0.25, 0.3) is 0 Å². The van der Waals surface area contributed by atoms with Crippen molar-refractivity contribution in [3.05, 3.63) is 35.9 Å². The van der Waals surface area contributed by atoms with E-state index in [1.165, 1.54) is 0 Å². The molecule has 1 saturated heterocycles. The van der Waals surface area contributed by atoms with Crippen LogP contribution in [-0.2, 0) is 16.1 Å². The summed E-state index contributed by atoms with van der Waals surface area (Å²) in [5.74, 6) is -0.454. The highest BCUT2D eigenvalue weighted by atomic mass is 16.5. The third-order valence-electron chi connectivity index (χ3n) is 3.26. The van der Waals surface area contributed by atoms with Crippen LogP contribution in [0.4, 0.5) is 0 Å². The molecular weight excluding hydrogens is 230 g/mol. The number of amides is 1. The van der Waals surface area contributed by atoms with Crippen LogP contribution in [0.2, 0.25) is 0 Å². The molecule has 1 aliphatic heterocycles. The molecule has 0 aromatic heterocycles. The number of aliphatic hydroxyl groups is 1. The molecule has 0 saturated carbocycles. The summed E-state index contributed by atoms with van der Waals surface area (Å²) in [5.41, 5.74) is 1.09. The summed E-state index contributed by atoms with van der Waals surface area (Å²) in [6.45, 7) is 3.22. The van der Waals surface area contributed by atoms with E-state index in [1.807, 2.05) is 37.3 Å². The highest BCUT2D eigenvalue weighted by Crippen LogP contribution is 2.16. The fourth-order valence-corrected chi connectivity index (χ4v) is 2.14. The summed E-state index contributed by atoms with van der Waals surface area (Å²) in [6.07, 6.45) is 0. The van der Waals surface area contributed by atoms with E-state index in [0.717, 1.165) is 5.56 Å². The minimum Gasteiger partial charge on any atom is -0.395 e. The molecule has 1 amide bonds. The van der Waals surface area contributed by atoms with Crippen molar-refractivity contribution >= 4 is 5.91 Å². The Morgan fingerprint density at radius 2 is 2.06 bits per heavy atom. The number of benzene rings is 1. The van der Waals surface area contributed by atoms with Crippen molar-refractivity contribution in [3.8, 4) is 0 Å². The fourth-order valence-electron chi connectivity index (χ4n) is 2.14. The lowest BCUT2D eigenvalue weighted by Gasteiger charge is -2.28. The van der Waals surface area contributed by atoms with Crippen molar-refractivity contribution < 1.29 is 14.6 Å². The Hall–Kier alpha value is -1.39. The predicted octanol–water partition coefficient (Wildman–Crippen LogP) is 1.04. The number of hydrogen-bond acceptors (Lipinski definition) is 3. The molecule has 1 aromatic carbocycles. The lowest BCUT2D eigenvalue weighted by molar-refractivity contribution is -0.138. The van der Waals surface area contributed by atoms with Crippen molar-refractivity contribution in [2.24, 2.45) is 5.92 Å². The molecule has 0 aliphatic carbocycles. The van der Waals surface area contributed by atoms with Gasteiger partial charge in [0.1, 0.15) is 0 Å². The Morgan fingerprint density at radius 3 is 2.72 bits per heavy atom. The van der Waals surface area contributed by atoms with Gasteiger partial charge >= 0.3 is 0 Å². The topological polar surface area (TPSA) is 49.8 Å².